The Balaban J connectivity index is 1.66. The quantitative estimate of drug-likeness (QED) is 0.839. The minimum Gasteiger partial charge on any atom is -0.347 e. The number of aryl methyl sites for hydroxylation is 1. The normalized spacial score (nSPS) is 15.9. The maximum absolute atomic E-state index is 8.90. The monoisotopic (exact) mass is 253 g/mol. The Bertz CT molecular complexity index is 600. The Morgan fingerprint density at radius 1 is 1.11 bits per heavy atom. The van der Waals surface area contributed by atoms with Gasteiger partial charge < -0.3 is 9.47 Å². The first-order chi connectivity index (χ1) is 9.36. The van der Waals surface area contributed by atoms with Crippen LogP contribution < -0.4 is 0 Å². The molecular weight excluding hydrogens is 234 g/mol. The third-order valence-electron chi connectivity index (χ3n) is 3.97. The summed E-state index contributed by atoms with van der Waals surface area (Å²) in [5, 5.41) is 10.1. The lowest BCUT2D eigenvalue weighted by atomic mass is 10.2. The van der Waals surface area contributed by atoms with Gasteiger partial charge >= 0.3 is 0 Å². The average molecular weight is 253 g/mol. The fourth-order valence-corrected chi connectivity index (χ4v) is 2.94. The molecule has 2 heterocycles. The van der Waals surface area contributed by atoms with Crippen molar-refractivity contribution in [2.45, 2.75) is 25.8 Å². The van der Waals surface area contributed by atoms with Crippen molar-refractivity contribution in [1.29, 1.82) is 5.26 Å². The van der Waals surface area contributed by atoms with Crippen LogP contribution in [-0.4, -0.2) is 29.1 Å². The van der Waals surface area contributed by atoms with Crippen molar-refractivity contribution in [3.8, 4) is 6.07 Å². The van der Waals surface area contributed by atoms with Crippen LogP contribution in [0.1, 0.15) is 24.8 Å². The van der Waals surface area contributed by atoms with Gasteiger partial charge in [-0.2, -0.15) is 5.26 Å². The van der Waals surface area contributed by atoms with Gasteiger partial charge in [-0.25, -0.2) is 0 Å². The van der Waals surface area contributed by atoms with Crippen LogP contribution in [0.3, 0.4) is 0 Å². The van der Waals surface area contributed by atoms with E-state index in [0.29, 0.717) is 0 Å². The summed E-state index contributed by atoms with van der Waals surface area (Å²) < 4.78 is 2.30. The second kappa shape index (κ2) is 5.46. The van der Waals surface area contributed by atoms with Crippen molar-refractivity contribution in [2.24, 2.45) is 0 Å². The molecule has 98 valence electrons. The molecule has 1 aliphatic rings. The molecule has 0 aliphatic carbocycles. The molecule has 1 aromatic heterocycles. The van der Waals surface area contributed by atoms with Crippen LogP contribution >= 0.6 is 0 Å². The lowest BCUT2D eigenvalue weighted by Gasteiger charge is -2.14. The molecule has 0 N–H and O–H groups in total. The smallest absolute Gasteiger partial charge is 0.0991 e. The Morgan fingerprint density at radius 3 is 2.74 bits per heavy atom. The zero-order valence-corrected chi connectivity index (χ0v) is 11.2. The van der Waals surface area contributed by atoms with Gasteiger partial charge in [-0.1, -0.05) is 0 Å². The number of nitriles is 1. The molecule has 1 fully saturated rings. The third kappa shape index (κ3) is 2.64. The van der Waals surface area contributed by atoms with Crippen molar-refractivity contribution < 1.29 is 0 Å². The van der Waals surface area contributed by atoms with E-state index >= 15 is 0 Å². The molecule has 0 saturated carbocycles. The molecule has 1 saturated heterocycles. The van der Waals surface area contributed by atoms with Crippen LogP contribution in [0, 0.1) is 11.3 Å². The average Bonchev–Trinajstić information content (AvgIpc) is 3.08. The van der Waals surface area contributed by atoms with E-state index in [2.05, 4.69) is 33.9 Å². The summed E-state index contributed by atoms with van der Waals surface area (Å²) in [4.78, 5) is 2.56. The number of likely N-dealkylation sites (tertiary alicyclic amines) is 1. The molecule has 0 amide bonds. The zero-order chi connectivity index (χ0) is 13.1. The molecule has 0 spiro atoms. The highest BCUT2D eigenvalue weighted by Gasteiger charge is 2.10. The van der Waals surface area contributed by atoms with Crippen molar-refractivity contribution in [1.82, 2.24) is 9.47 Å². The Labute approximate surface area is 114 Å². The van der Waals surface area contributed by atoms with Gasteiger partial charge in [0.2, 0.25) is 0 Å². The minimum absolute atomic E-state index is 0.738. The summed E-state index contributed by atoms with van der Waals surface area (Å²) in [5.41, 5.74) is 1.97. The molecule has 19 heavy (non-hydrogen) atoms. The summed E-state index contributed by atoms with van der Waals surface area (Å²) >= 11 is 0. The Morgan fingerprint density at radius 2 is 1.95 bits per heavy atom. The first kappa shape index (κ1) is 12.3. The molecule has 1 aliphatic heterocycles. The van der Waals surface area contributed by atoms with E-state index in [0.717, 1.165) is 12.1 Å². The number of benzene rings is 1. The molecule has 2 aromatic rings. The predicted octanol–water partition coefficient (Wildman–Crippen LogP) is 3.00. The van der Waals surface area contributed by atoms with E-state index in [9.17, 15) is 0 Å². The summed E-state index contributed by atoms with van der Waals surface area (Å²) in [6.45, 7) is 4.82. The highest BCUT2D eigenvalue weighted by atomic mass is 15.1. The van der Waals surface area contributed by atoms with Gasteiger partial charge in [-0.3, -0.25) is 0 Å². The second-order valence-corrected chi connectivity index (χ2v) is 5.30. The maximum atomic E-state index is 8.90. The molecule has 3 rings (SSSR count). The lowest BCUT2D eigenvalue weighted by molar-refractivity contribution is 0.326. The van der Waals surface area contributed by atoms with Gasteiger partial charge in [0.25, 0.3) is 0 Å². The van der Waals surface area contributed by atoms with Crippen molar-refractivity contribution in [3.63, 3.8) is 0 Å². The Kier molecular flexibility index (Phi) is 3.52. The summed E-state index contributed by atoms with van der Waals surface area (Å²) in [6.07, 6.45) is 6.06. The van der Waals surface area contributed by atoms with Crippen LogP contribution in [0.25, 0.3) is 10.9 Å². The molecule has 0 bridgehead atoms. The third-order valence-corrected chi connectivity index (χ3v) is 3.97. The standard InChI is InChI=1S/C16H19N3/c17-13-14-4-5-16-15(12-14)6-11-19(16)10-3-9-18-7-1-2-8-18/h4-6,11-12H,1-3,7-10H2. The first-order valence-corrected chi connectivity index (χ1v) is 7.08. The highest BCUT2D eigenvalue weighted by molar-refractivity contribution is 5.81. The van der Waals surface area contributed by atoms with Crippen molar-refractivity contribution in [2.75, 3.05) is 19.6 Å². The van der Waals surface area contributed by atoms with Crippen molar-refractivity contribution in [3.05, 3.63) is 36.0 Å². The summed E-state index contributed by atoms with van der Waals surface area (Å²) in [7, 11) is 0. The van der Waals surface area contributed by atoms with E-state index in [-0.39, 0.29) is 0 Å². The Hall–Kier alpha value is -1.79. The largest absolute Gasteiger partial charge is 0.347 e. The lowest BCUT2D eigenvalue weighted by Crippen LogP contribution is -2.21. The van der Waals surface area contributed by atoms with E-state index in [1.807, 2.05) is 12.1 Å². The van der Waals surface area contributed by atoms with Crippen molar-refractivity contribution >= 4 is 10.9 Å². The maximum Gasteiger partial charge on any atom is 0.0991 e. The number of hydrogen-bond donors (Lipinski definition) is 0. The van der Waals surface area contributed by atoms with Gasteiger partial charge in [0, 0.05) is 23.6 Å². The van der Waals surface area contributed by atoms with Crippen LogP contribution in [-0.2, 0) is 6.54 Å². The van der Waals surface area contributed by atoms with Crippen LogP contribution in [0.15, 0.2) is 30.5 Å². The minimum atomic E-state index is 0.738. The van der Waals surface area contributed by atoms with Gasteiger partial charge in [0.15, 0.2) is 0 Å². The summed E-state index contributed by atoms with van der Waals surface area (Å²) in [6, 6.07) is 10.2. The fourth-order valence-electron chi connectivity index (χ4n) is 2.94. The topological polar surface area (TPSA) is 32.0 Å². The SMILES string of the molecule is N#Cc1ccc2c(ccn2CCCN2CCCC2)c1. The van der Waals surface area contributed by atoms with Crippen LogP contribution in [0.2, 0.25) is 0 Å². The first-order valence-electron chi connectivity index (χ1n) is 7.08. The molecular formula is C16H19N3. The molecule has 3 nitrogen and oxygen atoms in total. The second-order valence-electron chi connectivity index (χ2n) is 5.30. The summed E-state index contributed by atoms with van der Waals surface area (Å²) in [5.74, 6) is 0. The van der Waals surface area contributed by atoms with Crippen LogP contribution in [0.4, 0.5) is 0 Å². The molecule has 1 aromatic carbocycles. The molecule has 0 radical (unpaired) electrons. The van der Waals surface area contributed by atoms with Gasteiger partial charge in [0.05, 0.1) is 11.6 Å². The number of hydrogen-bond acceptors (Lipinski definition) is 2. The number of rotatable bonds is 4. The number of fused-ring (bicyclic) bond motifs is 1. The van der Waals surface area contributed by atoms with E-state index < -0.39 is 0 Å². The predicted molar refractivity (Wildman–Crippen MR) is 76.9 cm³/mol. The number of aromatic nitrogens is 1. The number of nitrogens with zero attached hydrogens (tertiary/aromatic N) is 3. The fraction of sp³-hybridized carbons (Fsp3) is 0.438. The van der Waals surface area contributed by atoms with Gasteiger partial charge in [-0.15, -0.1) is 0 Å². The van der Waals surface area contributed by atoms with Gasteiger partial charge in [-0.05, 0) is 63.2 Å². The van der Waals surface area contributed by atoms with E-state index in [4.69, 9.17) is 5.26 Å². The molecule has 0 atom stereocenters. The van der Waals surface area contributed by atoms with Gasteiger partial charge in [0.1, 0.15) is 0 Å². The van der Waals surface area contributed by atoms with E-state index in [1.165, 1.54) is 49.8 Å². The zero-order valence-electron chi connectivity index (χ0n) is 11.2. The molecule has 0 unspecified atom stereocenters. The molecule has 3 heteroatoms. The highest BCUT2D eigenvalue weighted by Crippen LogP contribution is 2.18. The van der Waals surface area contributed by atoms with Crippen LogP contribution in [0.5, 0.6) is 0 Å². The van der Waals surface area contributed by atoms with E-state index in [1.54, 1.807) is 0 Å².